The molecule has 0 heterocycles. The number of anilines is 1. The molecular weight excluding hydrogens is 196 g/mol. The van der Waals surface area contributed by atoms with Crippen molar-refractivity contribution in [2.45, 2.75) is 32.2 Å². The summed E-state index contributed by atoms with van der Waals surface area (Å²) in [4.78, 5) is 2.38. The summed E-state index contributed by atoms with van der Waals surface area (Å²) in [6, 6.07) is 8.66. The molecule has 2 N–H and O–H groups in total. The number of hydrogen-bond acceptors (Lipinski definition) is 2. The molecule has 0 saturated heterocycles. The maximum absolute atomic E-state index is 5.97. The maximum atomic E-state index is 5.97. The Kier molecular flexibility index (Phi) is 2.94. The molecule has 2 heteroatoms. The molecule has 1 aromatic carbocycles. The predicted octanol–water partition coefficient (Wildman–Crippen LogP) is 2.56. The fourth-order valence-electron chi connectivity index (χ4n) is 2.93. The van der Waals surface area contributed by atoms with E-state index in [9.17, 15) is 0 Å². The molecule has 16 heavy (non-hydrogen) atoms. The third-order valence-corrected chi connectivity index (χ3v) is 3.94. The number of aryl methyl sites for hydroxylation is 1. The molecule has 0 bridgehead atoms. The topological polar surface area (TPSA) is 29.3 Å². The lowest BCUT2D eigenvalue weighted by Gasteiger charge is -2.53. The van der Waals surface area contributed by atoms with Crippen molar-refractivity contribution in [3.63, 3.8) is 0 Å². The quantitative estimate of drug-likeness (QED) is 0.845. The first-order valence-electron chi connectivity index (χ1n) is 6.08. The van der Waals surface area contributed by atoms with Gasteiger partial charge in [0.05, 0.1) is 5.54 Å². The lowest BCUT2D eigenvalue weighted by Crippen LogP contribution is -2.60. The van der Waals surface area contributed by atoms with Gasteiger partial charge in [-0.05, 0) is 43.4 Å². The fourth-order valence-corrected chi connectivity index (χ4v) is 2.93. The van der Waals surface area contributed by atoms with Crippen LogP contribution in [0.4, 0.5) is 5.69 Å². The van der Waals surface area contributed by atoms with Crippen molar-refractivity contribution in [3.8, 4) is 0 Å². The summed E-state index contributed by atoms with van der Waals surface area (Å²) >= 11 is 0. The van der Waals surface area contributed by atoms with Crippen LogP contribution in [0.15, 0.2) is 24.3 Å². The molecule has 0 unspecified atom stereocenters. The molecule has 1 saturated carbocycles. The highest BCUT2D eigenvalue weighted by molar-refractivity contribution is 5.51. The second-order valence-corrected chi connectivity index (χ2v) is 5.34. The van der Waals surface area contributed by atoms with Crippen molar-refractivity contribution >= 4 is 5.69 Å². The van der Waals surface area contributed by atoms with E-state index in [-0.39, 0.29) is 5.54 Å². The minimum atomic E-state index is 0.202. The minimum absolute atomic E-state index is 0.202. The lowest BCUT2D eigenvalue weighted by atomic mass is 9.68. The van der Waals surface area contributed by atoms with Crippen molar-refractivity contribution in [3.05, 3.63) is 29.8 Å². The number of rotatable bonds is 3. The maximum Gasteiger partial charge on any atom is 0.0526 e. The molecule has 88 valence electrons. The minimum Gasteiger partial charge on any atom is -0.368 e. The summed E-state index contributed by atoms with van der Waals surface area (Å²) in [5.74, 6) is 0.816. The van der Waals surface area contributed by atoms with Gasteiger partial charge in [-0.25, -0.2) is 0 Å². The third-order valence-electron chi connectivity index (χ3n) is 3.94. The zero-order valence-corrected chi connectivity index (χ0v) is 10.5. The molecule has 0 radical (unpaired) electrons. The summed E-state index contributed by atoms with van der Waals surface area (Å²) in [6.07, 6.45) is 2.43. The van der Waals surface area contributed by atoms with Crippen molar-refractivity contribution in [2.24, 2.45) is 11.7 Å². The van der Waals surface area contributed by atoms with E-state index in [0.717, 1.165) is 12.5 Å². The zero-order chi connectivity index (χ0) is 11.8. The molecule has 0 atom stereocenters. The molecule has 0 aromatic heterocycles. The Hall–Kier alpha value is -1.02. The van der Waals surface area contributed by atoms with Gasteiger partial charge < -0.3 is 10.6 Å². The van der Waals surface area contributed by atoms with Crippen LogP contribution in [0.2, 0.25) is 0 Å². The summed E-state index contributed by atoms with van der Waals surface area (Å²) in [5, 5.41) is 0. The van der Waals surface area contributed by atoms with Crippen LogP contribution in [-0.2, 0) is 0 Å². The van der Waals surface area contributed by atoms with Gasteiger partial charge in [0, 0.05) is 19.3 Å². The van der Waals surface area contributed by atoms with E-state index in [1.54, 1.807) is 0 Å². The van der Waals surface area contributed by atoms with Crippen LogP contribution in [0.1, 0.15) is 25.3 Å². The fraction of sp³-hybridized carbons (Fsp3) is 0.571. The largest absolute Gasteiger partial charge is 0.368 e. The van der Waals surface area contributed by atoms with Crippen LogP contribution >= 0.6 is 0 Å². The monoisotopic (exact) mass is 218 g/mol. The van der Waals surface area contributed by atoms with Gasteiger partial charge in [-0.2, -0.15) is 0 Å². The molecule has 1 fully saturated rings. The van der Waals surface area contributed by atoms with E-state index in [1.165, 1.54) is 24.1 Å². The first kappa shape index (κ1) is 11.5. The summed E-state index contributed by atoms with van der Waals surface area (Å²) in [6.45, 7) is 5.19. The van der Waals surface area contributed by atoms with Gasteiger partial charge in [-0.3, -0.25) is 0 Å². The van der Waals surface area contributed by atoms with Crippen molar-refractivity contribution in [1.29, 1.82) is 0 Å². The molecule has 1 aliphatic rings. The second kappa shape index (κ2) is 4.10. The van der Waals surface area contributed by atoms with Crippen LogP contribution in [0, 0.1) is 12.8 Å². The summed E-state index contributed by atoms with van der Waals surface area (Å²) < 4.78 is 0. The zero-order valence-electron chi connectivity index (χ0n) is 10.5. The molecule has 0 spiro atoms. The molecular formula is C14H22N2. The molecule has 0 amide bonds. The van der Waals surface area contributed by atoms with Gasteiger partial charge in [0.15, 0.2) is 0 Å². The normalized spacial score (nSPS) is 28.6. The lowest BCUT2D eigenvalue weighted by molar-refractivity contribution is 0.163. The van der Waals surface area contributed by atoms with E-state index < -0.39 is 0 Å². The number of hydrogen-bond donors (Lipinski definition) is 1. The number of nitrogens with two attached hydrogens (primary N) is 1. The average Bonchev–Trinajstić information content (AvgIpc) is 2.23. The van der Waals surface area contributed by atoms with Gasteiger partial charge in [-0.15, -0.1) is 0 Å². The Morgan fingerprint density at radius 1 is 1.44 bits per heavy atom. The van der Waals surface area contributed by atoms with E-state index in [4.69, 9.17) is 5.73 Å². The van der Waals surface area contributed by atoms with Crippen molar-refractivity contribution < 1.29 is 0 Å². The Morgan fingerprint density at radius 2 is 2.12 bits per heavy atom. The molecule has 2 nitrogen and oxygen atoms in total. The highest BCUT2D eigenvalue weighted by Gasteiger charge is 2.44. The molecule has 2 rings (SSSR count). The SMILES string of the molecule is Cc1cccc(N(C)C2(CN)CC(C)C2)c1. The standard InChI is InChI=1S/C14H22N2/c1-11-5-4-6-13(7-11)16(3)14(10-15)8-12(2)9-14/h4-7,12H,8-10,15H2,1-3H3. The van der Waals surface area contributed by atoms with Gasteiger partial charge >= 0.3 is 0 Å². The number of nitrogens with zero attached hydrogens (tertiary/aromatic N) is 1. The van der Waals surface area contributed by atoms with Crippen LogP contribution in [-0.4, -0.2) is 19.1 Å². The summed E-state index contributed by atoms with van der Waals surface area (Å²) in [7, 11) is 2.17. The van der Waals surface area contributed by atoms with Gasteiger partial charge in [0.2, 0.25) is 0 Å². The van der Waals surface area contributed by atoms with Gasteiger partial charge in [-0.1, -0.05) is 19.1 Å². The smallest absolute Gasteiger partial charge is 0.0526 e. The molecule has 1 aliphatic carbocycles. The van der Waals surface area contributed by atoms with Crippen LogP contribution in [0.25, 0.3) is 0 Å². The molecule has 0 aliphatic heterocycles. The van der Waals surface area contributed by atoms with Crippen LogP contribution in [0.5, 0.6) is 0 Å². The first-order valence-corrected chi connectivity index (χ1v) is 6.08. The average molecular weight is 218 g/mol. The Morgan fingerprint density at radius 3 is 2.62 bits per heavy atom. The molecule has 1 aromatic rings. The Bertz CT molecular complexity index is 367. The number of benzene rings is 1. The predicted molar refractivity (Wildman–Crippen MR) is 69.8 cm³/mol. The highest BCUT2D eigenvalue weighted by atomic mass is 15.2. The van der Waals surface area contributed by atoms with Gasteiger partial charge in [0.25, 0.3) is 0 Å². The van der Waals surface area contributed by atoms with E-state index in [0.29, 0.717) is 0 Å². The summed E-state index contributed by atoms with van der Waals surface area (Å²) in [5.41, 5.74) is 8.77. The number of likely N-dealkylation sites (N-methyl/N-ethyl adjacent to an activating group) is 1. The van der Waals surface area contributed by atoms with Crippen molar-refractivity contribution in [2.75, 3.05) is 18.5 Å². The first-order chi connectivity index (χ1) is 7.57. The van der Waals surface area contributed by atoms with E-state index in [2.05, 4.69) is 50.1 Å². The van der Waals surface area contributed by atoms with E-state index in [1.807, 2.05) is 0 Å². The Labute approximate surface area is 98.4 Å². The second-order valence-electron chi connectivity index (χ2n) is 5.34. The van der Waals surface area contributed by atoms with Crippen LogP contribution < -0.4 is 10.6 Å². The van der Waals surface area contributed by atoms with Crippen LogP contribution in [0.3, 0.4) is 0 Å². The van der Waals surface area contributed by atoms with Crippen molar-refractivity contribution in [1.82, 2.24) is 0 Å². The van der Waals surface area contributed by atoms with E-state index >= 15 is 0 Å². The third kappa shape index (κ3) is 1.82. The Balaban J connectivity index is 2.21. The highest BCUT2D eigenvalue weighted by Crippen LogP contribution is 2.42. The van der Waals surface area contributed by atoms with Gasteiger partial charge in [0.1, 0.15) is 0 Å².